The number of pyridine rings is 1. The van der Waals surface area contributed by atoms with Gasteiger partial charge in [-0.3, -0.25) is 4.98 Å². The van der Waals surface area contributed by atoms with Crippen molar-refractivity contribution < 1.29 is 4.74 Å². The molecule has 0 bridgehead atoms. The van der Waals surface area contributed by atoms with Crippen molar-refractivity contribution in [2.45, 2.75) is 12.1 Å². The van der Waals surface area contributed by atoms with E-state index < -0.39 is 0 Å². The van der Waals surface area contributed by atoms with Gasteiger partial charge in [0.05, 0.1) is 24.4 Å². The zero-order chi connectivity index (χ0) is 21.2. The van der Waals surface area contributed by atoms with Crippen molar-refractivity contribution in [1.29, 1.82) is 0 Å². The van der Waals surface area contributed by atoms with Crippen molar-refractivity contribution in [2.75, 3.05) is 20.3 Å². The van der Waals surface area contributed by atoms with Gasteiger partial charge in [0.2, 0.25) is 0 Å². The molecule has 1 fully saturated rings. The molecule has 5 rings (SSSR count). The van der Waals surface area contributed by atoms with E-state index in [0.717, 1.165) is 22.2 Å². The number of hydrogen-bond acceptors (Lipinski definition) is 3. The Bertz CT molecular complexity index is 1210. The fourth-order valence-electron chi connectivity index (χ4n) is 4.35. The van der Waals surface area contributed by atoms with Gasteiger partial charge in [-0.15, -0.1) is 0 Å². The second-order valence-corrected chi connectivity index (χ2v) is 8.03. The van der Waals surface area contributed by atoms with E-state index in [1.807, 2.05) is 18.3 Å². The summed E-state index contributed by atoms with van der Waals surface area (Å²) in [4.78, 5) is 6.84. The lowest BCUT2D eigenvalue weighted by Gasteiger charge is -2.28. The largest absolute Gasteiger partial charge is 0.383 e. The number of nitrogens with zero attached hydrogens (tertiary/aromatic N) is 3. The van der Waals surface area contributed by atoms with E-state index in [2.05, 4.69) is 86.6 Å². The second-order valence-electron chi connectivity index (χ2n) is 7.65. The van der Waals surface area contributed by atoms with Crippen LogP contribution in [0, 0.1) is 0 Å². The van der Waals surface area contributed by atoms with Crippen molar-refractivity contribution in [3.63, 3.8) is 0 Å². The van der Waals surface area contributed by atoms with E-state index in [9.17, 15) is 0 Å². The highest BCUT2D eigenvalue weighted by Gasteiger charge is 2.41. The highest BCUT2D eigenvalue weighted by Crippen LogP contribution is 2.39. The number of nitrogens with one attached hydrogen (secondary N) is 1. The van der Waals surface area contributed by atoms with Crippen molar-refractivity contribution >= 4 is 28.1 Å². The summed E-state index contributed by atoms with van der Waals surface area (Å²) < 4.78 is 7.62. The van der Waals surface area contributed by atoms with Gasteiger partial charge in [-0.05, 0) is 59.4 Å². The topological polar surface area (TPSA) is 42.3 Å². The Kier molecular flexibility index (Phi) is 5.40. The van der Waals surface area contributed by atoms with Crippen LogP contribution in [0.5, 0.6) is 0 Å². The van der Waals surface area contributed by atoms with Gasteiger partial charge in [-0.1, -0.05) is 36.4 Å². The van der Waals surface area contributed by atoms with E-state index >= 15 is 0 Å². The summed E-state index contributed by atoms with van der Waals surface area (Å²) >= 11 is 5.73. The SMILES string of the molecule is COCCN1C(=S)NC(c2ccccn2)C1c1cccn1-c1ccc2ccccc2c1. The lowest BCUT2D eigenvalue weighted by atomic mass is 10.0. The molecule has 0 spiro atoms. The summed E-state index contributed by atoms with van der Waals surface area (Å²) in [6.45, 7) is 1.31. The fourth-order valence-corrected chi connectivity index (χ4v) is 4.69. The minimum atomic E-state index is -0.0420. The molecule has 2 aromatic carbocycles. The maximum atomic E-state index is 5.73. The number of thiocarbonyl (C=S) groups is 1. The summed E-state index contributed by atoms with van der Waals surface area (Å²) in [7, 11) is 1.72. The molecule has 31 heavy (non-hydrogen) atoms. The maximum Gasteiger partial charge on any atom is 0.170 e. The predicted molar refractivity (Wildman–Crippen MR) is 127 cm³/mol. The summed E-state index contributed by atoms with van der Waals surface area (Å²) in [5.74, 6) is 0. The van der Waals surface area contributed by atoms with Gasteiger partial charge in [0.15, 0.2) is 5.11 Å². The summed E-state index contributed by atoms with van der Waals surface area (Å²) in [6, 6.07) is 25.2. The zero-order valence-corrected chi connectivity index (χ0v) is 18.1. The Hall–Kier alpha value is -3.22. The standard InChI is InChI=1S/C25H24N4OS/c1-30-16-15-29-24(23(27-25(29)31)21-9-4-5-13-26-21)22-10-6-14-28(22)20-12-11-18-7-2-3-8-19(18)17-20/h2-14,17,23-24H,15-16H2,1H3,(H,27,31). The third-order valence-electron chi connectivity index (χ3n) is 5.83. The van der Waals surface area contributed by atoms with E-state index in [1.165, 1.54) is 10.8 Å². The molecule has 5 nitrogen and oxygen atoms in total. The molecule has 1 N–H and O–H groups in total. The molecule has 0 amide bonds. The predicted octanol–water partition coefficient (Wildman–Crippen LogP) is 4.64. The van der Waals surface area contributed by atoms with Crippen molar-refractivity contribution in [2.24, 2.45) is 0 Å². The first-order valence-electron chi connectivity index (χ1n) is 10.4. The number of rotatable bonds is 6. The molecule has 156 valence electrons. The highest BCUT2D eigenvalue weighted by atomic mass is 32.1. The second kappa shape index (κ2) is 8.49. The Morgan fingerprint density at radius 2 is 1.84 bits per heavy atom. The lowest BCUT2D eigenvalue weighted by molar-refractivity contribution is 0.163. The van der Waals surface area contributed by atoms with Crippen LogP contribution in [0.3, 0.4) is 0 Å². The third kappa shape index (κ3) is 3.69. The molecule has 2 atom stereocenters. The van der Waals surface area contributed by atoms with Crippen LogP contribution in [0.4, 0.5) is 0 Å². The normalized spacial score (nSPS) is 18.5. The monoisotopic (exact) mass is 428 g/mol. The van der Waals surface area contributed by atoms with E-state index in [1.54, 1.807) is 7.11 Å². The zero-order valence-electron chi connectivity index (χ0n) is 17.3. The highest BCUT2D eigenvalue weighted by molar-refractivity contribution is 7.80. The maximum absolute atomic E-state index is 5.73. The molecule has 0 radical (unpaired) electrons. The van der Waals surface area contributed by atoms with Crippen LogP contribution >= 0.6 is 12.2 Å². The average molecular weight is 429 g/mol. The number of hydrogen-bond donors (Lipinski definition) is 1. The van der Waals surface area contributed by atoms with Gasteiger partial charge < -0.3 is 19.5 Å². The smallest absolute Gasteiger partial charge is 0.170 e. The molecular weight excluding hydrogens is 404 g/mol. The lowest BCUT2D eigenvalue weighted by Crippen LogP contribution is -2.33. The molecule has 0 saturated carbocycles. The van der Waals surface area contributed by atoms with Crippen LogP contribution in [-0.2, 0) is 4.74 Å². The molecule has 3 heterocycles. The first-order valence-corrected chi connectivity index (χ1v) is 10.8. The minimum Gasteiger partial charge on any atom is -0.383 e. The van der Waals surface area contributed by atoms with Crippen molar-refractivity contribution in [3.8, 4) is 5.69 Å². The van der Waals surface area contributed by atoms with Crippen LogP contribution in [0.2, 0.25) is 0 Å². The molecule has 2 aromatic heterocycles. The molecule has 1 aliphatic heterocycles. The van der Waals surface area contributed by atoms with Gasteiger partial charge in [-0.25, -0.2) is 0 Å². The Balaban J connectivity index is 1.60. The Morgan fingerprint density at radius 3 is 2.65 bits per heavy atom. The molecule has 6 heteroatoms. The molecule has 1 aliphatic rings. The van der Waals surface area contributed by atoms with Gasteiger partial charge in [0.1, 0.15) is 0 Å². The first-order chi connectivity index (χ1) is 15.3. The fraction of sp³-hybridized carbons (Fsp3) is 0.200. The van der Waals surface area contributed by atoms with Crippen LogP contribution in [0.25, 0.3) is 16.5 Å². The van der Waals surface area contributed by atoms with E-state index in [0.29, 0.717) is 13.2 Å². The third-order valence-corrected chi connectivity index (χ3v) is 6.18. The van der Waals surface area contributed by atoms with Crippen molar-refractivity contribution in [3.05, 3.63) is 96.6 Å². The summed E-state index contributed by atoms with van der Waals surface area (Å²) in [5, 5.41) is 6.68. The Labute approximate surface area is 187 Å². The van der Waals surface area contributed by atoms with Gasteiger partial charge in [-0.2, -0.15) is 0 Å². The number of benzene rings is 2. The molecule has 4 aromatic rings. The number of fused-ring (bicyclic) bond motifs is 1. The quantitative estimate of drug-likeness (QED) is 0.453. The van der Waals surface area contributed by atoms with Crippen LogP contribution in [0.1, 0.15) is 23.5 Å². The number of methoxy groups -OCH3 is 1. The van der Waals surface area contributed by atoms with Crippen LogP contribution < -0.4 is 5.32 Å². The van der Waals surface area contributed by atoms with Gasteiger partial charge >= 0.3 is 0 Å². The van der Waals surface area contributed by atoms with Gasteiger partial charge in [0.25, 0.3) is 0 Å². The molecular formula is C25H24N4OS. The Morgan fingerprint density at radius 1 is 1.00 bits per heavy atom. The average Bonchev–Trinajstić information content (AvgIpc) is 3.42. The van der Waals surface area contributed by atoms with Crippen LogP contribution in [0.15, 0.2) is 85.2 Å². The number of ether oxygens (including phenoxy) is 1. The molecule has 0 aliphatic carbocycles. The number of aromatic nitrogens is 2. The van der Waals surface area contributed by atoms with E-state index in [4.69, 9.17) is 17.0 Å². The van der Waals surface area contributed by atoms with Crippen molar-refractivity contribution in [1.82, 2.24) is 19.8 Å². The summed E-state index contributed by atoms with van der Waals surface area (Å²) in [5.41, 5.74) is 3.26. The van der Waals surface area contributed by atoms with E-state index in [-0.39, 0.29) is 12.1 Å². The first kappa shape index (κ1) is 19.7. The minimum absolute atomic E-state index is 0.000907. The van der Waals surface area contributed by atoms with Gasteiger partial charge in [0, 0.05) is 37.4 Å². The summed E-state index contributed by atoms with van der Waals surface area (Å²) in [6.07, 6.45) is 3.95. The molecule has 2 unspecified atom stereocenters. The van der Waals surface area contributed by atoms with Crippen LogP contribution in [-0.4, -0.2) is 39.8 Å². The molecule has 1 saturated heterocycles.